The minimum atomic E-state index is 0.571. The molecule has 1 heterocycles. The van der Waals surface area contributed by atoms with Gasteiger partial charge in [0, 0.05) is 11.1 Å². The zero-order valence-electron chi connectivity index (χ0n) is 7.69. The van der Waals surface area contributed by atoms with E-state index in [1.165, 1.54) is 6.08 Å². The Morgan fingerprint density at radius 1 is 1.29 bits per heavy atom. The van der Waals surface area contributed by atoms with Crippen LogP contribution in [0.5, 0.6) is 0 Å². The van der Waals surface area contributed by atoms with Crippen molar-refractivity contribution in [1.29, 1.82) is 0 Å². The van der Waals surface area contributed by atoms with Crippen LogP contribution in [0.2, 0.25) is 0 Å². The molecule has 0 aliphatic rings. The van der Waals surface area contributed by atoms with Gasteiger partial charge in [-0.15, -0.1) is 0 Å². The fraction of sp³-hybridized carbons (Fsp3) is 0.0909. The SMILES string of the molecule is Cc1ccc2cccc(N=C=O)c2n1. The second-order valence-corrected chi connectivity index (χ2v) is 3.00. The minimum Gasteiger partial charge on any atom is -0.251 e. The summed E-state index contributed by atoms with van der Waals surface area (Å²) in [6.45, 7) is 1.90. The normalized spacial score (nSPS) is 9.79. The van der Waals surface area contributed by atoms with Gasteiger partial charge >= 0.3 is 0 Å². The number of isocyanates is 1. The number of aromatic nitrogens is 1. The van der Waals surface area contributed by atoms with Crippen molar-refractivity contribution in [3.63, 3.8) is 0 Å². The summed E-state index contributed by atoms with van der Waals surface area (Å²) in [6, 6.07) is 9.42. The van der Waals surface area contributed by atoms with E-state index in [1.807, 2.05) is 31.2 Å². The van der Waals surface area contributed by atoms with Gasteiger partial charge in [0.15, 0.2) is 0 Å². The lowest BCUT2D eigenvalue weighted by molar-refractivity contribution is 0.565. The number of aliphatic imine (C=N–C) groups is 1. The molecular weight excluding hydrogens is 176 g/mol. The minimum absolute atomic E-state index is 0.571. The molecule has 0 radical (unpaired) electrons. The van der Waals surface area contributed by atoms with E-state index in [0.717, 1.165) is 16.6 Å². The highest BCUT2D eigenvalue weighted by Crippen LogP contribution is 2.23. The summed E-state index contributed by atoms with van der Waals surface area (Å²) in [5.74, 6) is 0. The molecule has 3 nitrogen and oxygen atoms in total. The Bertz CT molecular complexity index is 528. The summed E-state index contributed by atoms with van der Waals surface area (Å²) in [6.07, 6.45) is 1.53. The average Bonchev–Trinajstić information content (AvgIpc) is 2.19. The quantitative estimate of drug-likeness (QED) is 0.504. The lowest BCUT2D eigenvalue weighted by atomic mass is 10.2. The molecule has 0 saturated heterocycles. The van der Waals surface area contributed by atoms with Crippen LogP contribution in [-0.4, -0.2) is 11.1 Å². The van der Waals surface area contributed by atoms with Crippen molar-refractivity contribution in [3.05, 3.63) is 36.0 Å². The number of fused-ring (bicyclic) bond motifs is 1. The van der Waals surface area contributed by atoms with Crippen molar-refractivity contribution in [2.24, 2.45) is 4.99 Å². The highest BCUT2D eigenvalue weighted by atomic mass is 16.1. The number of aryl methyl sites for hydroxylation is 1. The number of pyridine rings is 1. The monoisotopic (exact) mass is 184 g/mol. The highest BCUT2D eigenvalue weighted by molar-refractivity contribution is 5.89. The molecule has 2 rings (SSSR count). The van der Waals surface area contributed by atoms with Crippen LogP contribution in [0.1, 0.15) is 5.69 Å². The molecule has 0 amide bonds. The Morgan fingerprint density at radius 3 is 2.93 bits per heavy atom. The smallest absolute Gasteiger partial charge is 0.240 e. The van der Waals surface area contributed by atoms with Gasteiger partial charge in [0.05, 0.1) is 5.52 Å². The fourth-order valence-corrected chi connectivity index (χ4v) is 1.37. The van der Waals surface area contributed by atoms with E-state index >= 15 is 0 Å². The Labute approximate surface area is 81.1 Å². The van der Waals surface area contributed by atoms with Crippen LogP contribution in [0.15, 0.2) is 35.3 Å². The molecule has 1 aromatic heterocycles. The first-order valence-electron chi connectivity index (χ1n) is 4.25. The van der Waals surface area contributed by atoms with Gasteiger partial charge in [-0.05, 0) is 19.1 Å². The van der Waals surface area contributed by atoms with Crippen molar-refractivity contribution in [2.75, 3.05) is 0 Å². The third-order valence-corrected chi connectivity index (χ3v) is 2.00. The van der Waals surface area contributed by atoms with Gasteiger partial charge in [-0.3, -0.25) is 4.98 Å². The molecule has 0 unspecified atom stereocenters. The van der Waals surface area contributed by atoms with Crippen LogP contribution in [0, 0.1) is 6.92 Å². The standard InChI is InChI=1S/C11H8N2O/c1-8-5-6-9-3-2-4-10(12-7-14)11(9)13-8/h2-6H,1H3. The van der Waals surface area contributed by atoms with Gasteiger partial charge < -0.3 is 0 Å². The Morgan fingerprint density at radius 2 is 2.14 bits per heavy atom. The Balaban J connectivity index is 2.83. The van der Waals surface area contributed by atoms with Crippen LogP contribution < -0.4 is 0 Å². The van der Waals surface area contributed by atoms with E-state index in [4.69, 9.17) is 0 Å². The molecule has 3 heteroatoms. The maximum absolute atomic E-state index is 10.2. The average molecular weight is 184 g/mol. The lowest BCUT2D eigenvalue weighted by Gasteiger charge is -2.00. The van der Waals surface area contributed by atoms with E-state index in [9.17, 15) is 4.79 Å². The van der Waals surface area contributed by atoms with E-state index in [-0.39, 0.29) is 0 Å². The molecule has 14 heavy (non-hydrogen) atoms. The number of carbonyl (C=O) groups excluding carboxylic acids is 1. The Kier molecular flexibility index (Phi) is 2.09. The lowest BCUT2D eigenvalue weighted by Crippen LogP contribution is -1.82. The number of benzene rings is 1. The van der Waals surface area contributed by atoms with Crippen LogP contribution in [-0.2, 0) is 4.79 Å². The van der Waals surface area contributed by atoms with Crippen molar-refractivity contribution in [2.45, 2.75) is 6.92 Å². The molecule has 0 aliphatic heterocycles. The highest BCUT2D eigenvalue weighted by Gasteiger charge is 2.00. The molecule has 0 fully saturated rings. The number of rotatable bonds is 1. The number of para-hydroxylation sites is 1. The molecule has 1 aromatic carbocycles. The van der Waals surface area contributed by atoms with Crippen molar-refractivity contribution in [1.82, 2.24) is 4.98 Å². The third kappa shape index (κ3) is 1.41. The molecule has 0 bridgehead atoms. The van der Waals surface area contributed by atoms with Crippen LogP contribution in [0.25, 0.3) is 10.9 Å². The van der Waals surface area contributed by atoms with Gasteiger partial charge in [-0.2, -0.15) is 4.99 Å². The van der Waals surface area contributed by atoms with Crippen LogP contribution >= 0.6 is 0 Å². The summed E-state index contributed by atoms with van der Waals surface area (Å²) < 4.78 is 0. The van der Waals surface area contributed by atoms with Crippen molar-refractivity contribution >= 4 is 22.7 Å². The molecular formula is C11H8N2O. The summed E-state index contributed by atoms with van der Waals surface area (Å²) in [4.78, 5) is 18.1. The molecule has 0 N–H and O–H groups in total. The fourth-order valence-electron chi connectivity index (χ4n) is 1.37. The van der Waals surface area contributed by atoms with Gasteiger partial charge in [0.1, 0.15) is 5.69 Å². The number of nitrogens with zero attached hydrogens (tertiary/aromatic N) is 2. The summed E-state index contributed by atoms with van der Waals surface area (Å²) >= 11 is 0. The van der Waals surface area contributed by atoms with Crippen molar-refractivity contribution in [3.8, 4) is 0 Å². The second-order valence-electron chi connectivity index (χ2n) is 3.00. The van der Waals surface area contributed by atoms with E-state index < -0.39 is 0 Å². The van der Waals surface area contributed by atoms with E-state index in [1.54, 1.807) is 6.07 Å². The molecule has 68 valence electrons. The topological polar surface area (TPSA) is 42.3 Å². The molecule has 0 spiro atoms. The summed E-state index contributed by atoms with van der Waals surface area (Å²) in [7, 11) is 0. The second kappa shape index (κ2) is 3.40. The van der Waals surface area contributed by atoms with E-state index in [0.29, 0.717) is 5.69 Å². The Hall–Kier alpha value is -1.99. The van der Waals surface area contributed by atoms with Gasteiger partial charge in [0.2, 0.25) is 6.08 Å². The predicted octanol–water partition coefficient (Wildman–Crippen LogP) is 2.51. The summed E-state index contributed by atoms with van der Waals surface area (Å²) in [5, 5.41) is 0.979. The zero-order chi connectivity index (χ0) is 9.97. The molecule has 0 saturated carbocycles. The molecule has 0 atom stereocenters. The van der Waals surface area contributed by atoms with E-state index in [2.05, 4.69) is 9.98 Å². The first-order chi connectivity index (χ1) is 6.81. The predicted molar refractivity (Wildman–Crippen MR) is 54.3 cm³/mol. The van der Waals surface area contributed by atoms with Crippen LogP contribution in [0.4, 0.5) is 5.69 Å². The van der Waals surface area contributed by atoms with Gasteiger partial charge in [-0.1, -0.05) is 18.2 Å². The molecule has 2 aromatic rings. The summed E-state index contributed by atoms with van der Waals surface area (Å²) in [5.41, 5.74) is 2.23. The van der Waals surface area contributed by atoms with Crippen molar-refractivity contribution < 1.29 is 4.79 Å². The zero-order valence-corrected chi connectivity index (χ0v) is 7.69. The third-order valence-electron chi connectivity index (χ3n) is 2.00. The first-order valence-corrected chi connectivity index (χ1v) is 4.25. The molecule has 0 aliphatic carbocycles. The first kappa shape index (κ1) is 8.60. The van der Waals surface area contributed by atoms with Crippen LogP contribution in [0.3, 0.4) is 0 Å². The maximum atomic E-state index is 10.2. The van der Waals surface area contributed by atoms with Gasteiger partial charge in [0.25, 0.3) is 0 Å². The largest absolute Gasteiger partial charge is 0.251 e. The number of hydrogen-bond donors (Lipinski definition) is 0. The number of hydrogen-bond acceptors (Lipinski definition) is 3. The maximum Gasteiger partial charge on any atom is 0.240 e. The van der Waals surface area contributed by atoms with Gasteiger partial charge in [-0.25, -0.2) is 4.79 Å².